The minimum Gasteiger partial charge on any atom is -0.481 e. The van der Waals surface area contributed by atoms with E-state index in [2.05, 4.69) is 4.98 Å². The fraction of sp³-hybridized carbons (Fsp3) is 0.333. The molecule has 1 N–H and O–H groups in total. The van der Waals surface area contributed by atoms with Gasteiger partial charge in [0.05, 0.1) is 27.8 Å². The van der Waals surface area contributed by atoms with Gasteiger partial charge in [-0.3, -0.25) is 14.9 Å². The van der Waals surface area contributed by atoms with E-state index in [1.807, 2.05) is 0 Å². The molecular weight excluding hydrogens is 376 g/mol. The summed E-state index contributed by atoms with van der Waals surface area (Å²) < 4.78 is 10.6. The van der Waals surface area contributed by atoms with Crippen molar-refractivity contribution in [1.29, 1.82) is 0 Å². The van der Waals surface area contributed by atoms with Gasteiger partial charge in [-0.2, -0.15) is 0 Å². The van der Waals surface area contributed by atoms with Crippen LogP contribution in [0.1, 0.15) is 46.0 Å². The number of aromatic amines is 1. The van der Waals surface area contributed by atoms with Crippen molar-refractivity contribution in [2.75, 3.05) is 6.61 Å². The molecule has 1 aromatic heterocycles. The van der Waals surface area contributed by atoms with Gasteiger partial charge in [0, 0.05) is 17.8 Å². The molecule has 0 unspecified atom stereocenters. The van der Waals surface area contributed by atoms with E-state index in [9.17, 15) is 19.7 Å². The van der Waals surface area contributed by atoms with Gasteiger partial charge >= 0.3 is 5.97 Å². The minimum absolute atomic E-state index is 0.0236. The average molecular weight is 395 g/mol. The summed E-state index contributed by atoms with van der Waals surface area (Å²) in [6.07, 6.45) is -0.934. The number of hydrogen-bond donors (Lipinski definition) is 1. The number of aromatic nitrogens is 1. The van der Waals surface area contributed by atoms with Gasteiger partial charge in [-0.1, -0.05) is 11.6 Å². The molecule has 144 valence electrons. The number of halogens is 1. The standard InChI is InChI=1S/C18H19ClN2O6/c1-5-26-18(23)15-9(2)16(20-10(15)3)17(22)11(4)27-14-7-6-12(21(24)25)8-13(14)19/h6-8,11,20H,5H2,1-4H3/t11-/m1/s1. The highest BCUT2D eigenvalue weighted by Gasteiger charge is 2.27. The van der Waals surface area contributed by atoms with Gasteiger partial charge in [0.2, 0.25) is 5.78 Å². The number of benzene rings is 1. The Hall–Kier alpha value is -2.87. The quantitative estimate of drug-likeness (QED) is 0.328. The van der Waals surface area contributed by atoms with Crippen LogP contribution in [0, 0.1) is 24.0 Å². The Morgan fingerprint density at radius 1 is 1.33 bits per heavy atom. The number of nitro benzene ring substituents is 1. The van der Waals surface area contributed by atoms with Crippen LogP contribution in [0.5, 0.6) is 5.75 Å². The third-order valence-corrected chi connectivity index (χ3v) is 4.26. The molecule has 0 amide bonds. The third-order valence-electron chi connectivity index (χ3n) is 3.96. The highest BCUT2D eigenvalue weighted by molar-refractivity contribution is 6.32. The molecule has 0 aliphatic rings. The van der Waals surface area contributed by atoms with Crippen molar-refractivity contribution in [3.63, 3.8) is 0 Å². The number of esters is 1. The van der Waals surface area contributed by atoms with Gasteiger partial charge in [-0.25, -0.2) is 4.79 Å². The lowest BCUT2D eigenvalue weighted by Gasteiger charge is -2.14. The molecule has 0 saturated heterocycles. The van der Waals surface area contributed by atoms with Crippen molar-refractivity contribution >= 4 is 29.0 Å². The zero-order valence-corrected chi connectivity index (χ0v) is 16.0. The van der Waals surface area contributed by atoms with Gasteiger partial charge < -0.3 is 14.5 Å². The zero-order valence-electron chi connectivity index (χ0n) is 15.3. The molecule has 1 heterocycles. The van der Waals surface area contributed by atoms with Crippen LogP contribution in [0.25, 0.3) is 0 Å². The van der Waals surface area contributed by atoms with Crippen molar-refractivity contribution in [2.45, 2.75) is 33.8 Å². The molecule has 0 saturated carbocycles. The topological polar surface area (TPSA) is 112 Å². The number of carbonyl (C=O) groups excluding carboxylic acids is 2. The number of ketones is 1. The summed E-state index contributed by atoms with van der Waals surface area (Å²) in [4.78, 5) is 37.9. The van der Waals surface area contributed by atoms with Crippen LogP contribution >= 0.6 is 11.6 Å². The van der Waals surface area contributed by atoms with Crippen LogP contribution in [0.15, 0.2) is 18.2 Å². The molecular formula is C18H19ClN2O6. The SMILES string of the molecule is CCOC(=O)c1c(C)[nH]c(C(=O)[C@@H](C)Oc2ccc([N+](=O)[O-])cc2Cl)c1C. The van der Waals surface area contributed by atoms with Crippen molar-refractivity contribution in [3.8, 4) is 5.75 Å². The molecule has 1 aromatic carbocycles. The van der Waals surface area contributed by atoms with Crippen molar-refractivity contribution in [2.24, 2.45) is 0 Å². The van der Waals surface area contributed by atoms with Crippen molar-refractivity contribution < 1.29 is 24.0 Å². The van der Waals surface area contributed by atoms with Crippen molar-refractivity contribution in [1.82, 2.24) is 4.98 Å². The lowest BCUT2D eigenvalue weighted by Crippen LogP contribution is -2.25. The number of Topliss-reactive ketones (excluding diaryl/α,β-unsaturated/α-hetero) is 1. The largest absolute Gasteiger partial charge is 0.481 e. The van der Waals surface area contributed by atoms with Gasteiger partial charge in [0.15, 0.2) is 6.10 Å². The molecule has 0 spiro atoms. The molecule has 0 aliphatic heterocycles. The molecule has 8 nitrogen and oxygen atoms in total. The first-order chi connectivity index (χ1) is 12.7. The number of carbonyl (C=O) groups is 2. The van der Waals surface area contributed by atoms with Crippen LogP contribution in [0.3, 0.4) is 0 Å². The maximum absolute atomic E-state index is 12.7. The predicted octanol–water partition coefficient (Wildman–Crippen LogP) is 4.02. The smallest absolute Gasteiger partial charge is 0.340 e. The molecule has 0 fully saturated rings. The lowest BCUT2D eigenvalue weighted by molar-refractivity contribution is -0.384. The summed E-state index contributed by atoms with van der Waals surface area (Å²) in [5.41, 5.74) is 1.37. The zero-order chi connectivity index (χ0) is 20.3. The second-order valence-electron chi connectivity index (χ2n) is 5.84. The highest BCUT2D eigenvalue weighted by Crippen LogP contribution is 2.30. The van der Waals surface area contributed by atoms with Gasteiger partial charge in [0.1, 0.15) is 5.75 Å². The number of hydrogen-bond acceptors (Lipinski definition) is 6. The summed E-state index contributed by atoms with van der Waals surface area (Å²) in [5.74, 6) is -0.745. The molecule has 0 radical (unpaired) electrons. The van der Waals surface area contributed by atoms with E-state index in [0.717, 1.165) is 6.07 Å². The van der Waals surface area contributed by atoms with Crippen LogP contribution in [-0.4, -0.2) is 34.4 Å². The minimum atomic E-state index is -0.934. The Bertz CT molecular complexity index is 905. The number of H-pyrrole nitrogens is 1. The number of non-ortho nitro benzene ring substituents is 1. The molecule has 9 heteroatoms. The summed E-state index contributed by atoms with van der Waals surface area (Å²) in [7, 11) is 0. The number of nitro groups is 1. The van der Waals surface area contributed by atoms with E-state index < -0.39 is 17.0 Å². The number of nitrogens with one attached hydrogen (secondary N) is 1. The van der Waals surface area contributed by atoms with E-state index in [-0.39, 0.29) is 34.5 Å². The number of nitrogens with zero attached hydrogens (tertiary/aromatic N) is 1. The van der Waals surface area contributed by atoms with Gasteiger partial charge in [-0.15, -0.1) is 0 Å². The number of aryl methyl sites for hydroxylation is 1. The average Bonchev–Trinajstić information content (AvgIpc) is 2.90. The van der Waals surface area contributed by atoms with Crippen LogP contribution in [0.2, 0.25) is 5.02 Å². The van der Waals surface area contributed by atoms with Crippen LogP contribution in [-0.2, 0) is 4.74 Å². The van der Waals surface area contributed by atoms with Crippen LogP contribution in [0.4, 0.5) is 5.69 Å². The van der Waals surface area contributed by atoms with E-state index in [4.69, 9.17) is 21.1 Å². The summed E-state index contributed by atoms with van der Waals surface area (Å²) in [5, 5.41) is 10.8. The first-order valence-electron chi connectivity index (χ1n) is 8.18. The number of rotatable bonds is 7. The Balaban J connectivity index is 2.24. The maximum Gasteiger partial charge on any atom is 0.340 e. The van der Waals surface area contributed by atoms with Crippen LogP contribution < -0.4 is 4.74 Å². The predicted molar refractivity (Wildman–Crippen MR) is 98.8 cm³/mol. The third kappa shape index (κ3) is 4.28. The Kier molecular flexibility index (Phi) is 6.22. The van der Waals surface area contributed by atoms with Crippen molar-refractivity contribution in [3.05, 3.63) is 55.9 Å². The fourth-order valence-corrected chi connectivity index (χ4v) is 2.87. The summed E-state index contributed by atoms with van der Waals surface area (Å²) in [6, 6.07) is 3.72. The molecule has 2 aromatic rings. The van der Waals surface area contributed by atoms with E-state index in [0.29, 0.717) is 16.8 Å². The Morgan fingerprint density at radius 3 is 2.56 bits per heavy atom. The summed E-state index contributed by atoms with van der Waals surface area (Å²) in [6.45, 7) is 6.78. The number of ether oxygens (including phenoxy) is 2. The molecule has 2 rings (SSSR count). The second-order valence-corrected chi connectivity index (χ2v) is 6.25. The summed E-state index contributed by atoms with van der Waals surface area (Å²) >= 11 is 6.00. The monoisotopic (exact) mass is 394 g/mol. The normalized spacial score (nSPS) is 11.7. The molecule has 0 bridgehead atoms. The first kappa shape index (κ1) is 20.4. The van der Waals surface area contributed by atoms with E-state index in [1.54, 1.807) is 20.8 Å². The highest BCUT2D eigenvalue weighted by atomic mass is 35.5. The Labute approximate surface area is 160 Å². The fourth-order valence-electron chi connectivity index (χ4n) is 2.65. The molecule has 27 heavy (non-hydrogen) atoms. The molecule has 1 atom stereocenters. The Morgan fingerprint density at radius 2 is 2.00 bits per heavy atom. The van der Waals surface area contributed by atoms with E-state index in [1.165, 1.54) is 19.1 Å². The van der Waals surface area contributed by atoms with E-state index >= 15 is 0 Å². The first-order valence-corrected chi connectivity index (χ1v) is 8.56. The lowest BCUT2D eigenvalue weighted by atomic mass is 10.1. The van der Waals surface area contributed by atoms with Gasteiger partial charge in [-0.05, 0) is 39.3 Å². The molecule has 0 aliphatic carbocycles. The maximum atomic E-state index is 12.7. The second kappa shape index (κ2) is 8.22. The van der Waals surface area contributed by atoms with Gasteiger partial charge in [0.25, 0.3) is 5.69 Å².